The summed E-state index contributed by atoms with van der Waals surface area (Å²) in [6, 6.07) is 15.3. The lowest BCUT2D eigenvalue weighted by atomic mass is 10.1. The number of halogens is 1. The van der Waals surface area contributed by atoms with E-state index in [4.69, 9.17) is 0 Å². The standard InChI is InChI=1S/C18H15FN2/c19-16-10-14-5-3-8-20-18(14)15(11-16)12-21-9-7-13-4-1-2-6-17(13)21/h1-6,8,10-11H,7,9,12H2. The zero-order valence-electron chi connectivity index (χ0n) is 11.6. The summed E-state index contributed by atoms with van der Waals surface area (Å²) in [7, 11) is 0. The topological polar surface area (TPSA) is 16.1 Å². The zero-order valence-corrected chi connectivity index (χ0v) is 11.6. The van der Waals surface area contributed by atoms with E-state index in [0.29, 0.717) is 6.54 Å². The van der Waals surface area contributed by atoms with Crippen molar-refractivity contribution in [3.05, 3.63) is 71.7 Å². The summed E-state index contributed by atoms with van der Waals surface area (Å²) < 4.78 is 13.8. The lowest BCUT2D eigenvalue weighted by molar-refractivity contribution is 0.627. The zero-order chi connectivity index (χ0) is 14.2. The highest BCUT2D eigenvalue weighted by Crippen LogP contribution is 2.30. The Balaban J connectivity index is 1.76. The van der Waals surface area contributed by atoms with E-state index in [9.17, 15) is 4.39 Å². The highest BCUT2D eigenvalue weighted by Gasteiger charge is 2.19. The van der Waals surface area contributed by atoms with Crippen molar-refractivity contribution < 1.29 is 4.39 Å². The molecule has 0 saturated heterocycles. The van der Waals surface area contributed by atoms with Crippen LogP contribution in [-0.4, -0.2) is 11.5 Å². The molecular formula is C18H15FN2. The number of hydrogen-bond donors (Lipinski definition) is 0. The van der Waals surface area contributed by atoms with E-state index in [0.717, 1.165) is 29.4 Å². The molecule has 1 aliphatic rings. The fourth-order valence-electron chi connectivity index (χ4n) is 3.12. The van der Waals surface area contributed by atoms with Gasteiger partial charge in [-0.2, -0.15) is 0 Å². The number of aromatic nitrogens is 1. The number of nitrogens with zero attached hydrogens (tertiary/aromatic N) is 2. The summed E-state index contributed by atoms with van der Waals surface area (Å²) in [6.45, 7) is 1.67. The summed E-state index contributed by atoms with van der Waals surface area (Å²) in [6.07, 6.45) is 2.82. The van der Waals surface area contributed by atoms with Crippen LogP contribution in [0.25, 0.3) is 10.9 Å². The second-order valence-electron chi connectivity index (χ2n) is 5.44. The molecule has 2 aromatic carbocycles. The van der Waals surface area contributed by atoms with Crippen LogP contribution in [0.5, 0.6) is 0 Å². The van der Waals surface area contributed by atoms with Crippen LogP contribution in [0.2, 0.25) is 0 Å². The van der Waals surface area contributed by atoms with E-state index >= 15 is 0 Å². The predicted octanol–water partition coefficient (Wildman–Crippen LogP) is 3.94. The average molecular weight is 278 g/mol. The largest absolute Gasteiger partial charge is 0.367 e. The van der Waals surface area contributed by atoms with Crippen molar-refractivity contribution in [3.8, 4) is 0 Å². The minimum atomic E-state index is -0.196. The first-order chi connectivity index (χ1) is 10.3. The van der Waals surface area contributed by atoms with Crippen LogP contribution in [0.15, 0.2) is 54.7 Å². The average Bonchev–Trinajstić information content (AvgIpc) is 2.90. The Morgan fingerprint density at radius 3 is 2.95 bits per heavy atom. The Morgan fingerprint density at radius 1 is 1.10 bits per heavy atom. The minimum absolute atomic E-state index is 0.196. The third-order valence-corrected chi connectivity index (χ3v) is 4.09. The summed E-state index contributed by atoms with van der Waals surface area (Å²) in [5.74, 6) is -0.196. The van der Waals surface area contributed by atoms with Gasteiger partial charge in [0, 0.05) is 35.9 Å². The third-order valence-electron chi connectivity index (χ3n) is 4.09. The number of rotatable bonds is 2. The molecule has 4 rings (SSSR count). The van der Waals surface area contributed by atoms with Gasteiger partial charge < -0.3 is 4.90 Å². The van der Waals surface area contributed by atoms with Crippen molar-refractivity contribution >= 4 is 16.6 Å². The molecule has 0 amide bonds. The number of hydrogen-bond acceptors (Lipinski definition) is 2. The molecule has 3 aromatic rings. The normalized spacial score (nSPS) is 13.7. The van der Waals surface area contributed by atoms with E-state index in [2.05, 4.69) is 34.1 Å². The summed E-state index contributed by atoms with van der Waals surface area (Å²) in [4.78, 5) is 6.73. The smallest absolute Gasteiger partial charge is 0.124 e. The SMILES string of the molecule is Fc1cc(CN2CCc3ccccc32)c2ncccc2c1. The summed E-state index contributed by atoms with van der Waals surface area (Å²) in [5, 5.41) is 0.861. The molecule has 0 radical (unpaired) electrons. The van der Waals surface area contributed by atoms with Crippen LogP contribution >= 0.6 is 0 Å². The Kier molecular flexibility index (Phi) is 2.85. The molecule has 1 aliphatic heterocycles. The van der Waals surface area contributed by atoms with E-state index < -0.39 is 0 Å². The molecule has 0 atom stereocenters. The van der Waals surface area contributed by atoms with Gasteiger partial charge in [-0.3, -0.25) is 4.98 Å². The van der Waals surface area contributed by atoms with Gasteiger partial charge in [0.1, 0.15) is 5.82 Å². The first-order valence-electron chi connectivity index (χ1n) is 7.17. The molecule has 3 heteroatoms. The molecule has 21 heavy (non-hydrogen) atoms. The van der Waals surface area contributed by atoms with Gasteiger partial charge in [0.05, 0.1) is 5.52 Å². The van der Waals surface area contributed by atoms with Gasteiger partial charge in [0.25, 0.3) is 0 Å². The maximum absolute atomic E-state index is 13.8. The van der Waals surface area contributed by atoms with Crippen LogP contribution in [0.4, 0.5) is 10.1 Å². The molecule has 0 spiro atoms. The van der Waals surface area contributed by atoms with Crippen molar-refractivity contribution in [1.82, 2.24) is 4.98 Å². The van der Waals surface area contributed by atoms with Gasteiger partial charge >= 0.3 is 0 Å². The Bertz CT molecular complexity index is 813. The second kappa shape index (κ2) is 4.85. The number of para-hydroxylation sites is 1. The Hall–Kier alpha value is -2.42. The van der Waals surface area contributed by atoms with Crippen molar-refractivity contribution in [1.29, 1.82) is 0 Å². The van der Waals surface area contributed by atoms with Crippen LogP contribution in [-0.2, 0) is 13.0 Å². The van der Waals surface area contributed by atoms with Gasteiger partial charge in [-0.25, -0.2) is 4.39 Å². The molecule has 0 fully saturated rings. The van der Waals surface area contributed by atoms with Crippen LogP contribution in [0.1, 0.15) is 11.1 Å². The van der Waals surface area contributed by atoms with Crippen molar-refractivity contribution in [2.24, 2.45) is 0 Å². The first kappa shape index (κ1) is 12.3. The molecule has 2 nitrogen and oxygen atoms in total. The molecular weight excluding hydrogens is 263 g/mol. The first-order valence-corrected chi connectivity index (χ1v) is 7.17. The highest BCUT2D eigenvalue weighted by atomic mass is 19.1. The van der Waals surface area contributed by atoms with Gasteiger partial charge in [-0.1, -0.05) is 24.3 Å². The van der Waals surface area contributed by atoms with Gasteiger partial charge in [0.2, 0.25) is 0 Å². The summed E-state index contributed by atoms with van der Waals surface area (Å²) in [5.41, 5.74) is 4.46. The van der Waals surface area contributed by atoms with Gasteiger partial charge in [0.15, 0.2) is 0 Å². The van der Waals surface area contributed by atoms with Crippen molar-refractivity contribution in [3.63, 3.8) is 0 Å². The van der Waals surface area contributed by atoms with E-state index in [-0.39, 0.29) is 5.82 Å². The molecule has 0 saturated carbocycles. The monoisotopic (exact) mass is 278 g/mol. The van der Waals surface area contributed by atoms with Crippen LogP contribution in [0.3, 0.4) is 0 Å². The number of pyridine rings is 1. The number of benzene rings is 2. The molecule has 2 heterocycles. The molecule has 0 N–H and O–H groups in total. The Labute approximate surface area is 122 Å². The lowest BCUT2D eigenvalue weighted by Crippen LogP contribution is -2.20. The van der Waals surface area contributed by atoms with Gasteiger partial charge in [-0.15, -0.1) is 0 Å². The van der Waals surface area contributed by atoms with Crippen molar-refractivity contribution in [2.75, 3.05) is 11.4 Å². The van der Waals surface area contributed by atoms with E-state index in [1.165, 1.54) is 11.3 Å². The summed E-state index contributed by atoms with van der Waals surface area (Å²) >= 11 is 0. The highest BCUT2D eigenvalue weighted by molar-refractivity contribution is 5.82. The van der Waals surface area contributed by atoms with Crippen LogP contribution in [0, 0.1) is 5.82 Å². The molecule has 0 aliphatic carbocycles. The maximum Gasteiger partial charge on any atom is 0.124 e. The number of anilines is 1. The van der Waals surface area contributed by atoms with Crippen LogP contribution < -0.4 is 4.90 Å². The third kappa shape index (κ3) is 2.15. The second-order valence-corrected chi connectivity index (χ2v) is 5.44. The minimum Gasteiger partial charge on any atom is -0.367 e. The fraction of sp³-hybridized carbons (Fsp3) is 0.167. The maximum atomic E-state index is 13.8. The molecule has 1 aromatic heterocycles. The molecule has 0 unspecified atom stereocenters. The molecule has 0 bridgehead atoms. The van der Waals surface area contributed by atoms with Gasteiger partial charge in [-0.05, 0) is 36.2 Å². The fourth-order valence-corrected chi connectivity index (χ4v) is 3.12. The predicted molar refractivity (Wildman–Crippen MR) is 82.9 cm³/mol. The van der Waals surface area contributed by atoms with Crippen molar-refractivity contribution in [2.45, 2.75) is 13.0 Å². The molecule has 104 valence electrons. The number of fused-ring (bicyclic) bond motifs is 2. The van der Waals surface area contributed by atoms with E-state index in [1.54, 1.807) is 18.3 Å². The lowest BCUT2D eigenvalue weighted by Gasteiger charge is -2.20. The quantitative estimate of drug-likeness (QED) is 0.706. The van der Waals surface area contributed by atoms with E-state index in [1.807, 2.05) is 12.1 Å². The Morgan fingerprint density at radius 2 is 2.00 bits per heavy atom.